The van der Waals surface area contributed by atoms with Gasteiger partial charge in [0.05, 0.1) is 5.52 Å². The molecule has 1 aromatic carbocycles. The Balaban J connectivity index is 0.000000605. The fourth-order valence-corrected chi connectivity index (χ4v) is 1.02. The second kappa shape index (κ2) is 4.03. The Morgan fingerprint density at radius 1 is 0.909 bits per heavy atom. The number of hydrogen-bond acceptors (Lipinski definition) is 1. The van der Waals surface area contributed by atoms with E-state index in [9.17, 15) is 0 Å². The molecule has 0 spiro atoms. The zero-order chi connectivity index (χ0) is 6.81. The van der Waals surface area contributed by atoms with Crippen LogP contribution >= 0.6 is 0 Å². The summed E-state index contributed by atoms with van der Waals surface area (Å²) in [6.45, 7) is 0. The molecule has 0 amide bonds. The Morgan fingerprint density at radius 3 is 2.45 bits per heavy atom. The van der Waals surface area contributed by atoms with Gasteiger partial charge in [-0.05, 0) is 12.1 Å². The van der Waals surface area contributed by atoms with E-state index in [-0.39, 0.29) is 36.9 Å². The molecule has 2 rings (SSSR count). The van der Waals surface area contributed by atoms with Gasteiger partial charge in [-0.25, -0.2) is 0 Å². The van der Waals surface area contributed by atoms with Gasteiger partial charge in [-0.3, -0.25) is 4.98 Å². The number of pyridine rings is 1. The number of rotatable bonds is 0. The van der Waals surface area contributed by atoms with E-state index in [1.165, 1.54) is 5.39 Å². The molecule has 0 N–H and O–H groups in total. The molecule has 2 aromatic rings. The Morgan fingerprint density at radius 2 is 1.64 bits per heavy atom. The Labute approximate surface area is 94.6 Å². The van der Waals surface area contributed by atoms with Crippen LogP contribution < -0.4 is 0 Å². The third kappa shape index (κ3) is 1.91. The van der Waals surface area contributed by atoms with E-state index in [1.54, 1.807) is 0 Å². The van der Waals surface area contributed by atoms with Crippen molar-refractivity contribution in [3.63, 3.8) is 0 Å². The van der Waals surface area contributed by atoms with Gasteiger partial charge in [0.1, 0.15) is 0 Å². The van der Waals surface area contributed by atoms with Crippen LogP contribution in [0.15, 0.2) is 42.6 Å². The molecular formula is C9H7LuN. The third-order valence-electron chi connectivity index (χ3n) is 1.51. The molecule has 0 atom stereocenters. The standard InChI is InChI=1S/C9H7N.Lu/c1-2-6-9-8(4-1)5-3-7-10-9;/h1-7H;. The molecular weight excluding hydrogens is 297 g/mol. The predicted octanol–water partition coefficient (Wildman–Crippen LogP) is 2.23. The summed E-state index contributed by atoms with van der Waals surface area (Å²) in [6, 6.07) is 12.1. The molecule has 0 saturated carbocycles. The molecule has 11 heavy (non-hydrogen) atoms. The molecule has 0 saturated heterocycles. The second-order valence-corrected chi connectivity index (χ2v) is 2.20. The SMILES string of the molecule is [Lu].c1ccc2ncccc2c1. The zero-order valence-corrected chi connectivity index (χ0v) is 7.40. The topological polar surface area (TPSA) is 12.9 Å². The number of aromatic nitrogens is 1. The van der Waals surface area contributed by atoms with Gasteiger partial charge in [0.15, 0.2) is 0 Å². The summed E-state index contributed by atoms with van der Waals surface area (Å²) >= 11 is 0. The van der Waals surface area contributed by atoms with Crippen molar-refractivity contribution in [3.05, 3.63) is 42.6 Å². The molecule has 0 aliphatic heterocycles. The summed E-state index contributed by atoms with van der Waals surface area (Å²) in [5, 5.41) is 1.20. The van der Waals surface area contributed by atoms with Gasteiger partial charge in [-0.2, -0.15) is 0 Å². The van der Waals surface area contributed by atoms with Crippen molar-refractivity contribution in [1.29, 1.82) is 0 Å². The fourth-order valence-electron chi connectivity index (χ4n) is 1.02. The Kier molecular flexibility index (Phi) is 3.28. The summed E-state index contributed by atoms with van der Waals surface area (Å²) in [6.07, 6.45) is 1.81. The summed E-state index contributed by atoms with van der Waals surface area (Å²) in [5.74, 6) is 0. The third-order valence-corrected chi connectivity index (χ3v) is 1.51. The van der Waals surface area contributed by atoms with Crippen LogP contribution in [-0.4, -0.2) is 4.98 Å². The quantitative estimate of drug-likeness (QED) is 0.727. The normalized spacial score (nSPS) is 9.09. The monoisotopic (exact) mass is 304 g/mol. The van der Waals surface area contributed by atoms with Gasteiger partial charge in [0.2, 0.25) is 0 Å². The van der Waals surface area contributed by atoms with Crippen molar-refractivity contribution in [2.24, 2.45) is 0 Å². The maximum atomic E-state index is 4.18. The molecule has 1 radical (unpaired) electrons. The maximum absolute atomic E-state index is 4.18. The van der Waals surface area contributed by atoms with Gasteiger partial charge in [-0.1, -0.05) is 24.3 Å². The van der Waals surface area contributed by atoms with E-state index in [0.29, 0.717) is 0 Å². The first-order chi connectivity index (χ1) is 4.97. The molecule has 2 heteroatoms. The van der Waals surface area contributed by atoms with Crippen LogP contribution in [0.1, 0.15) is 0 Å². The van der Waals surface area contributed by atoms with Gasteiger partial charge >= 0.3 is 0 Å². The average molecular weight is 304 g/mol. The Bertz CT molecular complexity index is 281. The summed E-state index contributed by atoms with van der Waals surface area (Å²) in [7, 11) is 0. The van der Waals surface area contributed by atoms with Crippen LogP contribution in [0, 0.1) is 36.9 Å². The zero-order valence-electron chi connectivity index (χ0n) is 5.75. The van der Waals surface area contributed by atoms with E-state index in [2.05, 4.69) is 17.1 Å². The van der Waals surface area contributed by atoms with Crippen LogP contribution in [0.4, 0.5) is 0 Å². The maximum Gasteiger partial charge on any atom is 0.0701 e. The number of hydrogen-bond donors (Lipinski definition) is 0. The minimum Gasteiger partial charge on any atom is -0.256 e. The van der Waals surface area contributed by atoms with Crippen LogP contribution in [0.3, 0.4) is 0 Å². The number of para-hydroxylation sites is 1. The smallest absolute Gasteiger partial charge is 0.0701 e. The van der Waals surface area contributed by atoms with Crippen molar-refractivity contribution in [3.8, 4) is 0 Å². The number of nitrogens with zero attached hydrogens (tertiary/aromatic N) is 1. The van der Waals surface area contributed by atoms with Crippen LogP contribution in [0.2, 0.25) is 0 Å². The van der Waals surface area contributed by atoms with Crippen LogP contribution in [0.5, 0.6) is 0 Å². The summed E-state index contributed by atoms with van der Waals surface area (Å²) in [4.78, 5) is 4.18. The van der Waals surface area contributed by atoms with Crippen molar-refractivity contribution >= 4 is 10.9 Å². The molecule has 0 bridgehead atoms. The van der Waals surface area contributed by atoms with Crippen molar-refractivity contribution < 1.29 is 36.9 Å². The average Bonchev–Trinajstić information content (AvgIpc) is 2.05. The predicted molar refractivity (Wildman–Crippen MR) is 41.7 cm³/mol. The van der Waals surface area contributed by atoms with E-state index < -0.39 is 0 Å². The summed E-state index contributed by atoms with van der Waals surface area (Å²) in [5.41, 5.74) is 1.06. The van der Waals surface area contributed by atoms with Gasteiger partial charge in [0, 0.05) is 48.5 Å². The van der Waals surface area contributed by atoms with Crippen molar-refractivity contribution in [2.75, 3.05) is 0 Å². The first kappa shape index (κ1) is 8.96. The molecule has 1 aromatic heterocycles. The molecule has 1 heterocycles. The van der Waals surface area contributed by atoms with E-state index in [0.717, 1.165) is 5.52 Å². The molecule has 1 nitrogen and oxygen atoms in total. The Hall–Kier alpha value is -0.136. The number of benzene rings is 1. The molecule has 0 unspecified atom stereocenters. The van der Waals surface area contributed by atoms with Gasteiger partial charge in [0.25, 0.3) is 0 Å². The first-order valence-corrected chi connectivity index (χ1v) is 3.26. The molecule has 63 valence electrons. The molecule has 0 aliphatic carbocycles. The van der Waals surface area contributed by atoms with Crippen LogP contribution in [0.25, 0.3) is 10.9 Å². The van der Waals surface area contributed by atoms with Crippen molar-refractivity contribution in [2.45, 2.75) is 0 Å². The molecule has 0 aliphatic rings. The number of fused-ring (bicyclic) bond motifs is 1. The van der Waals surface area contributed by atoms with Crippen molar-refractivity contribution in [1.82, 2.24) is 4.98 Å². The van der Waals surface area contributed by atoms with Crippen LogP contribution in [-0.2, 0) is 0 Å². The fraction of sp³-hybridized carbons (Fsp3) is 0. The second-order valence-electron chi connectivity index (χ2n) is 2.20. The van der Waals surface area contributed by atoms with Gasteiger partial charge < -0.3 is 0 Å². The first-order valence-electron chi connectivity index (χ1n) is 3.26. The minimum atomic E-state index is 0. The van der Waals surface area contributed by atoms with Gasteiger partial charge in [-0.15, -0.1) is 0 Å². The van der Waals surface area contributed by atoms with E-state index in [1.807, 2.05) is 30.5 Å². The van der Waals surface area contributed by atoms with E-state index in [4.69, 9.17) is 0 Å². The molecule has 0 fully saturated rings. The largest absolute Gasteiger partial charge is 0.256 e. The van der Waals surface area contributed by atoms with E-state index >= 15 is 0 Å². The summed E-state index contributed by atoms with van der Waals surface area (Å²) < 4.78 is 0. The minimum absolute atomic E-state index is 0.